The smallest absolute Gasteiger partial charge is 0.303 e. The summed E-state index contributed by atoms with van der Waals surface area (Å²) in [5.41, 5.74) is 6.85. The van der Waals surface area contributed by atoms with Crippen molar-refractivity contribution in [2.45, 2.75) is 44.2 Å². The summed E-state index contributed by atoms with van der Waals surface area (Å²) in [4.78, 5) is 32.2. The van der Waals surface area contributed by atoms with Crippen LogP contribution in [0.5, 0.6) is 0 Å². The van der Waals surface area contributed by atoms with Gasteiger partial charge in [-0.1, -0.05) is 0 Å². The topological polar surface area (TPSA) is 176 Å². The summed E-state index contributed by atoms with van der Waals surface area (Å²) in [5.74, 6) is -3.18. The Morgan fingerprint density at radius 3 is 2.15 bits per heavy atom. The van der Waals surface area contributed by atoms with Gasteiger partial charge in [0.15, 0.2) is 6.04 Å². The van der Waals surface area contributed by atoms with Crippen molar-refractivity contribution < 1.29 is 41.3 Å². The lowest BCUT2D eigenvalue weighted by Gasteiger charge is -2.17. The number of rotatable bonds is 10. The van der Waals surface area contributed by atoms with Crippen LogP contribution in [0.25, 0.3) is 0 Å². The molecule has 0 bridgehead atoms. The number of carbonyl (C=O) groups is 3. The lowest BCUT2D eigenvalue weighted by atomic mass is 10.1. The molecule has 0 radical (unpaired) electrons. The first kappa shape index (κ1) is 18.3. The van der Waals surface area contributed by atoms with Crippen molar-refractivity contribution in [3.63, 3.8) is 0 Å². The molecule has 0 aromatic rings. The number of unbranched alkanes of at least 4 members (excludes halogenated alkanes) is 1. The molecule has 1 amide bonds. The normalized spacial score (nSPS) is 13.6. The summed E-state index contributed by atoms with van der Waals surface area (Å²) < 4.78 is 0. The molecule has 0 aliphatic heterocycles. The fraction of sp³-hybridized carbons (Fsp3) is 0.727. The van der Waals surface area contributed by atoms with Crippen molar-refractivity contribution in [3.05, 3.63) is 0 Å². The van der Waals surface area contributed by atoms with E-state index in [0.29, 0.717) is 24.3 Å². The van der Waals surface area contributed by atoms with E-state index in [9.17, 15) is 29.8 Å². The summed E-state index contributed by atoms with van der Waals surface area (Å²) in [6.07, 6.45) is 0.845. The van der Waals surface area contributed by atoms with Gasteiger partial charge in [0.1, 0.15) is 6.04 Å². The molecule has 0 saturated carbocycles. The summed E-state index contributed by atoms with van der Waals surface area (Å²) in [6.45, 7) is 0.0238. The maximum atomic E-state index is 11.6. The molecular formula is C11H21N3O6. The van der Waals surface area contributed by atoms with Crippen molar-refractivity contribution in [2.75, 3.05) is 6.54 Å². The van der Waals surface area contributed by atoms with Crippen LogP contribution in [0.2, 0.25) is 0 Å². The SMILES string of the molecule is [NH3+][C@@H](CCCCN(O)C(=O)[C@@H]([NH3+])CCC(=O)[O-])C(=O)[O-]. The predicted molar refractivity (Wildman–Crippen MR) is 60.0 cm³/mol. The van der Waals surface area contributed by atoms with Crippen LogP contribution in [0.15, 0.2) is 0 Å². The third kappa shape index (κ3) is 7.67. The van der Waals surface area contributed by atoms with Gasteiger partial charge in [-0.05, 0) is 19.3 Å². The molecule has 0 rings (SSSR count). The number of hydrogen-bond acceptors (Lipinski definition) is 6. The molecule has 2 atom stereocenters. The van der Waals surface area contributed by atoms with E-state index in [1.165, 1.54) is 0 Å². The quantitative estimate of drug-likeness (QED) is 0.206. The second kappa shape index (κ2) is 9.23. The molecule has 0 saturated heterocycles. The minimum absolute atomic E-state index is 0.0101. The van der Waals surface area contributed by atoms with Crippen LogP contribution >= 0.6 is 0 Å². The van der Waals surface area contributed by atoms with Crippen molar-refractivity contribution in [3.8, 4) is 0 Å². The number of carboxylic acid groups (broad SMARTS) is 2. The van der Waals surface area contributed by atoms with Crippen LogP contribution in [-0.2, 0) is 14.4 Å². The van der Waals surface area contributed by atoms with Gasteiger partial charge in [-0.3, -0.25) is 10.0 Å². The number of nitrogens with zero attached hydrogens (tertiary/aromatic N) is 1. The van der Waals surface area contributed by atoms with E-state index in [0.717, 1.165) is 0 Å². The molecule has 0 unspecified atom stereocenters. The molecule has 0 heterocycles. The van der Waals surface area contributed by atoms with Gasteiger partial charge in [-0.25, -0.2) is 5.06 Å². The maximum Gasteiger partial charge on any atom is 0.303 e. The zero-order chi connectivity index (χ0) is 15.7. The number of carbonyl (C=O) groups excluding carboxylic acids is 3. The number of aliphatic carboxylic acids is 2. The lowest BCUT2D eigenvalue weighted by molar-refractivity contribution is -0.438. The van der Waals surface area contributed by atoms with Crippen LogP contribution in [-0.4, -0.2) is 46.7 Å². The zero-order valence-electron chi connectivity index (χ0n) is 11.2. The molecule has 0 aliphatic carbocycles. The molecule has 9 heteroatoms. The monoisotopic (exact) mass is 291 g/mol. The van der Waals surface area contributed by atoms with Gasteiger partial charge in [0.2, 0.25) is 0 Å². The molecule has 9 nitrogen and oxygen atoms in total. The number of carboxylic acids is 2. The van der Waals surface area contributed by atoms with E-state index in [2.05, 4.69) is 11.5 Å². The van der Waals surface area contributed by atoms with Crippen molar-refractivity contribution in [1.82, 2.24) is 5.06 Å². The highest BCUT2D eigenvalue weighted by Crippen LogP contribution is 2.02. The predicted octanol–water partition coefficient (Wildman–Crippen LogP) is -5.12. The van der Waals surface area contributed by atoms with E-state index in [1.807, 2.05) is 0 Å². The Balaban J connectivity index is 3.90. The van der Waals surface area contributed by atoms with Gasteiger partial charge in [0.05, 0.1) is 5.97 Å². The Bertz CT molecular complexity index is 349. The van der Waals surface area contributed by atoms with Crippen LogP contribution in [0.3, 0.4) is 0 Å². The number of hydrogen-bond donors (Lipinski definition) is 3. The van der Waals surface area contributed by atoms with Crippen molar-refractivity contribution in [2.24, 2.45) is 0 Å². The third-order valence-electron chi connectivity index (χ3n) is 2.81. The van der Waals surface area contributed by atoms with Crippen molar-refractivity contribution in [1.29, 1.82) is 0 Å². The van der Waals surface area contributed by atoms with E-state index in [4.69, 9.17) is 0 Å². The maximum absolute atomic E-state index is 11.6. The number of amides is 1. The minimum Gasteiger partial charge on any atom is -0.550 e. The Hall–Kier alpha value is -1.71. The van der Waals surface area contributed by atoms with Gasteiger partial charge in [0.25, 0.3) is 0 Å². The second-order valence-electron chi connectivity index (χ2n) is 4.58. The molecular weight excluding hydrogens is 270 g/mol. The molecule has 0 aromatic carbocycles. The van der Waals surface area contributed by atoms with Gasteiger partial charge >= 0.3 is 5.91 Å². The highest BCUT2D eigenvalue weighted by Gasteiger charge is 2.22. The molecule has 0 spiro atoms. The van der Waals surface area contributed by atoms with E-state index in [1.54, 1.807) is 0 Å². The zero-order valence-corrected chi connectivity index (χ0v) is 11.2. The van der Waals surface area contributed by atoms with Crippen LogP contribution in [0, 0.1) is 0 Å². The highest BCUT2D eigenvalue weighted by molar-refractivity contribution is 5.79. The average molecular weight is 291 g/mol. The Morgan fingerprint density at radius 2 is 1.65 bits per heavy atom. The molecule has 7 N–H and O–H groups in total. The number of quaternary nitrogens is 2. The van der Waals surface area contributed by atoms with Crippen LogP contribution in [0.4, 0.5) is 0 Å². The van der Waals surface area contributed by atoms with E-state index >= 15 is 0 Å². The second-order valence-corrected chi connectivity index (χ2v) is 4.58. The Labute approximate surface area is 116 Å². The van der Waals surface area contributed by atoms with Gasteiger partial charge in [0, 0.05) is 25.4 Å². The van der Waals surface area contributed by atoms with E-state index in [-0.39, 0.29) is 19.4 Å². The lowest BCUT2D eigenvalue weighted by Crippen LogP contribution is -2.68. The summed E-state index contributed by atoms with van der Waals surface area (Å²) in [5, 5.41) is 30.6. The summed E-state index contributed by atoms with van der Waals surface area (Å²) in [6, 6.07) is -1.68. The first-order valence-electron chi connectivity index (χ1n) is 6.32. The number of hydroxylamine groups is 2. The minimum atomic E-state index is -1.28. The largest absolute Gasteiger partial charge is 0.550 e. The molecule has 0 aliphatic rings. The Morgan fingerprint density at radius 1 is 1.05 bits per heavy atom. The van der Waals surface area contributed by atoms with Gasteiger partial charge in [-0.15, -0.1) is 0 Å². The fourth-order valence-corrected chi connectivity index (χ4v) is 1.51. The summed E-state index contributed by atoms with van der Waals surface area (Å²) >= 11 is 0. The first-order valence-corrected chi connectivity index (χ1v) is 6.32. The van der Waals surface area contributed by atoms with Gasteiger partial charge in [-0.2, -0.15) is 0 Å². The Kier molecular flexibility index (Phi) is 8.45. The summed E-state index contributed by atoms with van der Waals surface area (Å²) in [7, 11) is 0. The van der Waals surface area contributed by atoms with Crippen molar-refractivity contribution >= 4 is 17.8 Å². The third-order valence-corrected chi connectivity index (χ3v) is 2.81. The highest BCUT2D eigenvalue weighted by atomic mass is 16.5. The van der Waals surface area contributed by atoms with Crippen LogP contribution in [0.1, 0.15) is 32.1 Å². The van der Waals surface area contributed by atoms with Gasteiger partial charge < -0.3 is 31.3 Å². The average Bonchev–Trinajstić information content (AvgIpc) is 2.39. The fourth-order valence-electron chi connectivity index (χ4n) is 1.51. The first-order chi connectivity index (χ1) is 9.25. The molecule has 116 valence electrons. The standard InChI is InChI=1S/C11H21N3O6/c12-7(4-5-9(15)16)10(17)14(20)6-2-1-3-8(13)11(18)19/h7-8,20H,1-6,12-13H2,(H,15,16)(H,18,19)/t7-,8-/m0/s1. The van der Waals surface area contributed by atoms with E-state index < -0.39 is 29.9 Å². The molecule has 0 fully saturated rings. The molecule has 0 aromatic heterocycles. The van der Waals surface area contributed by atoms with Crippen LogP contribution < -0.4 is 21.7 Å². The molecule has 20 heavy (non-hydrogen) atoms.